The van der Waals surface area contributed by atoms with Gasteiger partial charge in [0.2, 0.25) is 0 Å². The smallest absolute Gasteiger partial charge is 0.324 e. The minimum Gasteiger partial charge on any atom is -0.333 e. The lowest BCUT2D eigenvalue weighted by atomic mass is 10.1. The maximum Gasteiger partial charge on any atom is 0.324 e. The van der Waals surface area contributed by atoms with Crippen LogP contribution in [0, 0.1) is 6.92 Å². The first-order chi connectivity index (χ1) is 13.7. The molecule has 5 heteroatoms. The van der Waals surface area contributed by atoms with Crippen LogP contribution in [0.3, 0.4) is 0 Å². The van der Waals surface area contributed by atoms with E-state index in [0.717, 1.165) is 16.7 Å². The van der Waals surface area contributed by atoms with Gasteiger partial charge in [0, 0.05) is 23.0 Å². The number of carbonyl (C=O) groups excluding carboxylic acids is 2. The van der Waals surface area contributed by atoms with Crippen LogP contribution in [-0.2, 0) is 11.2 Å². The number of urea groups is 1. The average molecular weight is 457 g/mol. The average Bonchev–Trinajstić information content (AvgIpc) is 2.66. The number of aryl methyl sites for hydroxylation is 1. The number of alkyl halides is 1. The predicted octanol–water partition coefficient (Wildman–Crippen LogP) is 5.35. The maximum absolute atomic E-state index is 13.3. The number of amides is 3. The van der Waals surface area contributed by atoms with Gasteiger partial charge in [0.05, 0.1) is 0 Å². The number of hydrogen-bond donors (Lipinski definition) is 1. The summed E-state index contributed by atoms with van der Waals surface area (Å²) >= 11 is 3.43. The summed E-state index contributed by atoms with van der Waals surface area (Å²) in [6.07, 6.45) is 2.45. The Morgan fingerprint density at radius 1 is 1.03 bits per heavy atom. The summed E-state index contributed by atoms with van der Waals surface area (Å²) < 4.78 is 0. The highest BCUT2D eigenvalue weighted by Gasteiger charge is 2.27. The molecule has 0 aliphatic heterocycles. The number of carbonyl (C=O) groups is 2. The summed E-state index contributed by atoms with van der Waals surface area (Å²) in [5.41, 5.74) is 3.23. The van der Waals surface area contributed by atoms with E-state index in [1.807, 2.05) is 88.4 Å². The van der Waals surface area contributed by atoms with Crippen molar-refractivity contribution in [2.45, 2.75) is 39.7 Å². The van der Waals surface area contributed by atoms with E-state index in [0.29, 0.717) is 23.9 Å². The molecule has 0 saturated carbocycles. The van der Waals surface area contributed by atoms with E-state index in [-0.39, 0.29) is 11.9 Å². The fraction of sp³-hybridized carbons (Fsp3) is 0.333. The molecule has 0 radical (unpaired) electrons. The van der Waals surface area contributed by atoms with E-state index in [2.05, 4.69) is 21.2 Å². The van der Waals surface area contributed by atoms with E-state index in [1.54, 1.807) is 0 Å². The summed E-state index contributed by atoms with van der Waals surface area (Å²) in [5.74, 6) is -0.289. The first-order valence-electron chi connectivity index (χ1n) is 9.71. The Morgan fingerprint density at radius 3 is 2.24 bits per heavy atom. The van der Waals surface area contributed by atoms with Gasteiger partial charge in [0.1, 0.15) is 0 Å². The van der Waals surface area contributed by atoms with Crippen molar-refractivity contribution < 1.29 is 9.59 Å². The highest BCUT2D eigenvalue weighted by molar-refractivity contribution is 9.09. The van der Waals surface area contributed by atoms with Crippen molar-refractivity contribution in [1.29, 1.82) is 0 Å². The standard InChI is InChI=1S/C24H29BrN2O2/c1-18-10-8-9-13-20(18)16-21(17-25)22(28)27(23(29)26-24(2,3)4)15-14-19-11-6-5-7-12-19/h5-13,16H,14-15,17H2,1-4H3,(H,26,29)/b21-16+. The van der Waals surface area contributed by atoms with Crippen LogP contribution in [0.1, 0.15) is 37.5 Å². The van der Waals surface area contributed by atoms with E-state index >= 15 is 0 Å². The largest absolute Gasteiger partial charge is 0.333 e. The van der Waals surface area contributed by atoms with E-state index in [1.165, 1.54) is 4.90 Å². The zero-order valence-electron chi connectivity index (χ0n) is 17.5. The Morgan fingerprint density at radius 2 is 1.66 bits per heavy atom. The van der Waals surface area contributed by atoms with Gasteiger partial charge in [-0.1, -0.05) is 70.5 Å². The van der Waals surface area contributed by atoms with E-state index < -0.39 is 5.54 Å². The lowest BCUT2D eigenvalue weighted by Gasteiger charge is -2.28. The van der Waals surface area contributed by atoms with Gasteiger partial charge in [-0.15, -0.1) is 0 Å². The second kappa shape index (κ2) is 10.4. The Bertz CT molecular complexity index is 870. The molecule has 0 fully saturated rings. The molecule has 2 aromatic carbocycles. The zero-order valence-corrected chi connectivity index (χ0v) is 19.1. The minimum absolute atomic E-state index is 0.289. The number of hydrogen-bond acceptors (Lipinski definition) is 2. The number of benzene rings is 2. The second-order valence-corrected chi connectivity index (χ2v) is 8.59. The summed E-state index contributed by atoms with van der Waals surface area (Å²) in [5, 5.41) is 3.28. The topological polar surface area (TPSA) is 49.4 Å². The van der Waals surface area contributed by atoms with Crippen LogP contribution in [-0.4, -0.2) is 34.3 Å². The highest BCUT2D eigenvalue weighted by atomic mass is 79.9. The van der Waals surface area contributed by atoms with E-state index in [9.17, 15) is 9.59 Å². The van der Waals surface area contributed by atoms with Gasteiger partial charge in [-0.25, -0.2) is 4.79 Å². The monoisotopic (exact) mass is 456 g/mol. The number of halogens is 1. The van der Waals surface area contributed by atoms with Crippen LogP contribution in [0.25, 0.3) is 6.08 Å². The molecule has 3 amide bonds. The number of rotatable bonds is 6. The lowest BCUT2D eigenvalue weighted by molar-refractivity contribution is -0.124. The van der Waals surface area contributed by atoms with Crippen molar-refractivity contribution in [2.75, 3.05) is 11.9 Å². The molecule has 0 aromatic heterocycles. The molecule has 0 saturated heterocycles. The number of nitrogens with zero attached hydrogens (tertiary/aromatic N) is 1. The Kier molecular flexibility index (Phi) is 8.21. The van der Waals surface area contributed by atoms with Crippen molar-refractivity contribution in [2.24, 2.45) is 0 Å². The summed E-state index contributed by atoms with van der Waals surface area (Å²) in [4.78, 5) is 27.5. The molecule has 0 atom stereocenters. The molecule has 2 aromatic rings. The fourth-order valence-electron chi connectivity index (χ4n) is 2.84. The Balaban J connectivity index is 2.30. The van der Waals surface area contributed by atoms with Gasteiger partial charge in [0.25, 0.3) is 5.91 Å². The number of imide groups is 1. The van der Waals surface area contributed by atoms with Crippen LogP contribution in [0.4, 0.5) is 4.79 Å². The zero-order chi connectivity index (χ0) is 21.4. The van der Waals surface area contributed by atoms with E-state index in [4.69, 9.17) is 0 Å². The van der Waals surface area contributed by atoms with Crippen LogP contribution in [0.5, 0.6) is 0 Å². The predicted molar refractivity (Wildman–Crippen MR) is 123 cm³/mol. The third kappa shape index (κ3) is 7.17. The van der Waals surface area contributed by atoms with Gasteiger partial charge in [-0.3, -0.25) is 9.69 Å². The van der Waals surface area contributed by atoms with Crippen LogP contribution in [0.2, 0.25) is 0 Å². The van der Waals surface area contributed by atoms with Crippen LogP contribution < -0.4 is 5.32 Å². The second-order valence-electron chi connectivity index (χ2n) is 8.03. The Labute approximate surface area is 182 Å². The molecule has 0 spiro atoms. The van der Waals surface area contributed by atoms with Gasteiger partial charge in [-0.2, -0.15) is 0 Å². The van der Waals surface area contributed by atoms with Gasteiger partial charge >= 0.3 is 6.03 Å². The maximum atomic E-state index is 13.3. The summed E-state index contributed by atoms with van der Waals surface area (Å²) in [6, 6.07) is 17.4. The molecule has 0 heterocycles. The minimum atomic E-state index is -0.434. The summed E-state index contributed by atoms with van der Waals surface area (Å²) in [6.45, 7) is 8.02. The quantitative estimate of drug-likeness (QED) is 0.470. The first-order valence-corrected chi connectivity index (χ1v) is 10.8. The van der Waals surface area contributed by atoms with Crippen LogP contribution >= 0.6 is 15.9 Å². The molecular formula is C24H29BrN2O2. The molecule has 29 heavy (non-hydrogen) atoms. The highest BCUT2D eigenvalue weighted by Crippen LogP contribution is 2.17. The Hall–Kier alpha value is -2.40. The fourth-order valence-corrected chi connectivity index (χ4v) is 3.24. The van der Waals surface area contributed by atoms with Crippen molar-refractivity contribution in [3.05, 3.63) is 76.9 Å². The van der Waals surface area contributed by atoms with Gasteiger partial charge < -0.3 is 5.32 Å². The molecule has 4 nitrogen and oxygen atoms in total. The van der Waals surface area contributed by atoms with Crippen molar-refractivity contribution in [1.82, 2.24) is 10.2 Å². The van der Waals surface area contributed by atoms with Gasteiger partial charge in [-0.05, 0) is 56.9 Å². The normalized spacial score (nSPS) is 11.8. The molecule has 0 aliphatic carbocycles. The summed E-state index contributed by atoms with van der Waals surface area (Å²) in [7, 11) is 0. The first kappa shape index (κ1) is 22.9. The molecular weight excluding hydrogens is 428 g/mol. The molecule has 0 aliphatic rings. The molecule has 154 valence electrons. The SMILES string of the molecule is Cc1ccccc1/C=C(\CBr)C(=O)N(CCc1ccccc1)C(=O)NC(C)(C)C. The lowest BCUT2D eigenvalue weighted by Crippen LogP contribution is -2.51. The molecule has 2 rings (SSSR count). The third-order valence-electron chi connectivity index (χ3n) is 4.38. The van der Waals surface area contributed by atoms with Gasteiger partial charge in [0.15, 0.2) is 0 Å². The molecule has 0 bridgehead atoms. The van der Waals surface area contributed by atoms with Crippen molar-refractivity contribution in [3.63, 3.8) is 0 Å². The van der Waals surface area contributed by atoms with Crippen molar-refractivity contribution in [3.8, 4) is 0 Å². The van der Waals surface area contributed by atoms with Crippen LogP contribution in [0.15, 0.2) is 60.2 Å². The van der Waals surface area contributed by atoms with Crippen molar-refractivity contribution >= 4 is 33.9 Å². The molecule has 0 unspecified atom stereocenters. The number of nitrogens with one attached hydrogen (secondary N) is 1. The molecule has 1 N–H and O–H groups in total. The third-order valence-corrected chi connectivity index (χ3v) is 4.98.